The minimum atomic E-state index is -1.55. The zero-order chi connectivity index (χ0) is 29.1. The molecule has 0 radical (unpaired) electrons. The Morgan fingerprint density at radius 2 is 1.66 bits per heavy atom. The zero-order valence-electron chi connectivity index (χ0n) is 24.1. The van der Waals surface area contributed by atoms with Gasteiger partial charge in [0, 0.05) is 18.6 Å². The highest BCUT2D eigenvalue weighted by Gasteiger charge is 2.54. The lowest BCUT2D eigenvalue weighted by Gasteiger charge is -2.41. The monoisotopic (exact) mass is 564 g/mol. The van der Waals surface area contributed by atoms with Crippen LogP contribution in [0.3, 0.4) is 0 Å². The third kappa shape index (κ3) is 6.19. The number of nitrogens with one attached hydrogen (secondary N) is 2. The summed E-state index contributed by atoms with van der Waals surface area (Å²) in [6.07, 6.45) is 10.6. The van der Waals surface area contributed by atoms with E-state index in [-0.39, 0.29) is 36.2 Å². The molecule has 4 amide bonds. The molecule has 5 rings (SSSR count). The van der Waals surface area contributed by atoms with Gasteiger partial charge in [-0.25, -0.2) is 4.79 Å². The van der Waals surface area contributed by atoms with Crippen molar-refractivity contribution < 1.29 is 24.0 Å². The van der Waals surface area contributed by atoms with E-state index >= 15 is 0 Å². The van der Waals surface area contributed by atoms with Gasteiger partial charge in [0.15, 0.2) is 0 Å². The molecular weight excluding hydrogens is 520 g/mol. The number of hydrogen-bond donors (Lipinski definition) is 3. The smallest absolute Gasteiger partial charge is 0.315 e. The number of Topliss-reactive ketones (excluding diaryl/α,β-unsaturated/α-hetero) is 1. The molecule has 9 heteroatoms. The molecule has 4 atom stereocenters. The van der Waals surface area contributed by atoms with Gasteiger partial charge in [0.05, 0.1) is 5.41 Å². The van der Waals surface area contributed by atoms with Crippen LogP contribution in [-0.2, 0) is 32.0 Å². The maximum Gasteiger partial charge on any atom is 0.315 e. The maximum atomic E-state index is 14.4. The van der Waals surface area contributed by atoms with Crippen molar-refractivity contribution in [3.63, 3.8) is 0 Å². The maximum absolute atomic E-state index is 14.4. The summed E-state index contributed by atoms with van der Waals surface area (Å²) in [5, 5.41) is 6.16. The zero-order valence-corrected chi connectivity index (χ0v) is 24.1. The van der Waals surface area contributed by atoms with E-state index in [0.29, 0.717) is 32.1 Å². The summed E-state index contributed by atoms with van der Waals surface area (Å²) < 4.78 is 0. The predicted octanol–water partition coefficient (Wildman–Crippen LogP) is 3.07. The van der Waals surface area contributed by atoms with Crippen LogP contribution in [0.15, 0.2) is 24.3 Å². The van der Waals surface area contributed by atoms with Gasteiger partial charge >= 0.3 is 6.03 Å². The second kappa shape index (κ2) is 12.3. The number of nitrogens with zero attached hydrogens (tertiary/aromatic N) is 1. The van der Waals surface area contributed by atoms with Crippen molar-refractivity contribution in [2.45, 2.75) is 102 Å². The van der Waals surface area contributed by atoms with Crippen LogP contribution in [0.5, 0.6) is 0 Å². The molecule has 1 heterocycles. The molecule has 4 N–H and O–H groups in total. The Labute approximate surface area is 242 Å². The highest BCUT2D eigenvalue weighted by Crippen LogP contribution is 2.47. The van der Waals surface area contributed by atoms with Crippen LogP contribution >= 0.6 is 0 Å². The normalized spacial score (nSPS) is 24.1. The Kier molecular flexibility index (Phi) is 8.80. The largest absolute Gasteiger partial charge is 0.363 e. The number of urea groups is 1. The first-order chi connectivity index (χ1) is 19.7. The van der Waals surface area contributed by atoms with Crippen LogP contribution in [0.1, 0.15) is 82.3 Å². The summed E-state index contributed by atoms with van der Waals surface area (Å²) >= 11 is 0. The van der Waals surface area contributed by atoms with Gasteiger partial charge in [0.1, 0.15) is 12.3 Å². The number of likely N-dealkylation sites (tertiary alicyclic amines) is 1. The fraction of sp³-hybridized carbons (Fsp3) is 0.656. The van der Waals surface area contributed by atoms with Crippen molar-refractivity contribution in [3.05, 3.63) is 35.4 Å². The predicted molar refractivity (Wildman–Crippen MR) is 154 cm³/mol. The Hall–Kier alpha value is -3.23. The third-order valence-corrected chi connectivity index (χ3v) is 10.2. The van der Waals surface area contributed by atoms with Crippen LogP contribution in [0.25, 0.3) is 0 Å². The molecule has 222 valence electrons. The molecule has 1 aromatic rings. The second-order valence-corrected chi connectivity index (χ2v) is 12.9. The molecule has 1 aromatic carbocycles. The minimum Gasteiger partial charge on any atom is -0.363 e. The van der Waals surface area contributed by atoms with Gasteiger partial charge in [-0.05, 0) is 73.8 Å². The lowest BCUT2D eigenvalue weighted by Crippen LogP contribution is -2.59. The van der Waals surface area contributed by atoms with Crippen LogP contribution in [0.4, 0.5) is 4.79 Å². The van der Waals surface area contributed by atoms with Crippen LogP contribution in [0.2, 0.25) is 0 Å². The summed E-state index contributed by atoms with van der Waals surface area (Å²) in [5.74, 6) is -2.64. The van der Waals surface area contributed by atoms with Crippen molar-refractivity contribution in [1.29, 1.82) is 0 Å². The van der Waals surface area contributed by atoms with Gasteiger partial charge in [0.2, 0.25) is 11.7 Å². The molecule has 0 spiro atoms. The number of carbonyl (C=O) groups excluding carboxylic acids is 5. The van der Waals surface area contributed by atoms with Gasteiger partial charge in [0.25, 0.3) is 5.91 Å². The van der Waals surface area contributed by atoms with Crippen LogP contribution < -0.4 is 16.4 Å². The fourth-order valence-electron chi connectivity index (χ4n) is 7.66. The van der Waals surface area contributed by atoms with Gasteiger partial charge in [-0.2, -0.15) is 0 Å². The van der Waals surface area contributed by atoms with E-state index < -0.39 is 35.1 Å². The second-order valence-electron chi connectivity index (χ2n) is 12.9. The molecule has 1 saturated heterocycles. The van der Waals surface area contributed by atoms with Gasteiger partial charge in [-0.1, -0.05) is 63.3 Å². The Bertz CT molecular complexity index is 1150. The summed E-state index contributed by atoms with van der Waals surface area (Å²) in [6.45, 7) is 2.27. The molecular formula is C32H44N4O5. The lowest BCUT2D eigenvalue weighted by molar-refractivity contribution is -0.151. The van der Waals surface area contributed by atoms with E-state index in [0.717, 1.165) is 44.9 Å². The van der Waals surface area contributed by atoms with Gasteiger partial charge in [-0.15, -0.1) is 0 Å². The van der Waals surface area contributed by atoms with E-state index in [2.05, 4.69) is 22.8 Å². The average molecular weight is 565 g/mol. The minimum absolute atomic E-state index is 0.107. The molecule has 0 aromatic heterocycles. The van der Waals surface area contributed by atoms with Crippen molar-refractivity contribution >= 4 is 29.9 Å². The number of ketones is 1. The van der Waals surface area contributed by atoms with E-state index in [1.807, 2.05) is 12.1 Å². The number of primary amides is 1. The van der Waals surface area contributed by atoms with E-state index in [4.69, 9.17) is 5.73 Å². The number of nitrogens with two attached hydrogens (primary N) is 1. The third-order valence-electron chi connectivity index (χ3n) is 10.2. The van der Waals surface area contributed by atoms with E-state index in [1.54, 1.807) is 11.8 Å². The highest BCUT2D eigenvalue weighted by molar-refractivity contribution is 6.40. The molecule has 0 bridgehead atoms. The Morgan fingerprint density at radius 1 is 1.00 bits per heavy atom. The number of hydrogen-bond acceptors (Lipinski definition) is 5. The van der Waals surface area contributed by atoms with Crippen LogP contribution in [0, 0.1) is 23.2 Å². The standard InChI is InChI=1S/C32H44N4O5/c1-20(32(19-37,18-21-13-14-21)28(38)29(33)39)26-12-7-15-36(26)30(40)27(24-16-22-8-5-6-9-23(22)17-24)35-31(41)34-25-10-3-2-4-11-25/h5-6,8-9,19-21,24-27H,2-4,7,10-18H2,1H3,(H2,33,39)(H2,34,35,41). The average Bonchev–Trinajstić information content (AvgIpc) is 3.47. The molecule has 2 saturated carbocycles. The number of amides is 4. The van der Waals surface area contributed by atoms with Crippen LogP contribution in [-0.4, -0.2) is 59.5 Å². The molecule has 1 aliphatic heterocycles. The lowest BCUT2D eigenvalue weighted by atomic mass is 9.66. The fourth-order valence-corrected chi connectivity index (χ4v) is 7.66. The topological polar surface area (TPSA) is 139 Å². The van der Waals surface area contributed by atoms with Crippen molar-refractivity contribution in [2.75, 3.05) is 6.54 Å². The summed E-state index contributed by atoms with van der Waals surface area (Å²) in [4.78, 5) is 67.3. The van der Waals surface area contributed by atoms with Crippen molar-refractivity contribution in [1.82, 2.24) is 15.5 Å². The number of fused-ring (bicyclic) bond motifs is 1. The molecule has 9 nitrogen and oxygen atoms in total. The summed E-state index contributed by atoms with van der Waals surface area (Å²) in [6, 6.07) is 6.76. The molecule has 4 unspecified atom stereocenters. The Morgan fingerprint density at radius 3 is 2.24 bits per heavy atom. The molecule has 4 aliphatic rings. The quantitative estimate of drug-likeness (QED) is 0.215. The first kappa shape index (κ1) is 29.3. The summed E-state index contributed by atoms with van der Waals surface area (Å²) in [7, 11) is 0. The Balaban J connectivity index is 1.39. The van der Waals surface area contributed by atoms with Crippen molar-refractivity contribution in [2.24, 2.45) is 28.9 Å². The van der Waals surface area contributed by atoms with Gasteiger partial charge < -0.3 is 26.1 Å². The molecule has 41 heavy (non-hydrogen) atoms. The molecule has 3 fully saturated rings. The van der Waals surface area contributed by atoms with E-state index in [1.165, 1.54) is 17.5 Å². The van der Waals surface area contributed by atoms with Gasteiger partial charge in [-0.3, -0.25) is 14.4 Å². The summed E-state index contributed by atoms with van der Waals surface area (Å²) in [5.41, 5.74) is 6.27. The SMILES string of the molecule is CC(C1CCCN1C(=O)C(NC(=O)NC1CCCCC1)C1Cc2ccccc2C1)C(C=O)(CC1CC1)C(=O)C(N)=O. The number of benzene rings is 1. The number of aldehydes is 1. The first-order valence-electron chi connectivity index (χ1n) is 15.5. The van der Waals surface area contributed by atoms with Crippen molar-refractivity contribution in [3.8, 4) is 0 Å². The molecule has 3 aliphatic carbocycles. The highest BCUT2D eigenvalue weighted by atomic mass is 16.2. The number of carbonyl (C=O) groups is 5. The first-order valence-corrected chi connectivity index (χ1v) is 15.5. The van der Waals surface area contributed by atoms with E-state index in [9.17, 15) is 24.0 Å². The number of rotatable bonds is 11.